The number of hydrogen-bond acceptors (Lipinski definition) is 4. The maximum atomic E-state index is 12.6. The lowest BCUT2D eigenvalue weighted by Gasteiger charge is -2.22. The van der Waals surface area contributed by atoms with Gasteiger partial charge in [-0.3, -0.25) is 14.9 Å². The van der Waals surface area contributed by atoms with Crippen LogP contribution < -0.4 is 5.32 Å². The largest absolute Gasteiger partial charge is 0.381 e. The van der Waals surface area contributed by atoms with E-state index < -0.39 is 4.92 Å². The molecule has 0 aliphatic heterocycles. The van der Waals surface area contributed by atoms with Crippen LogP contribution in [0.1, 0.15) is 36.5 Å². The lowest BCUT2D eigenvalue weighted by molar-refractivity contribution is -0.384. The van der Waals surface area contributed by atoms with Gasteiger partial charge in [0.1, 0.15) is 5.69 Å². The maximum absolute atomic E-state index is 12.6. The first-order chi connectivity index (χ1) is 9.99. The number of rotatable bonds is 6. The number of nitrogens with zero attached hydrogens (tertiary/aromatic N) is 2. The second-order valence-corrected chi connectivity index (χ2v) is 5.50. The number of nitrogens with one attached hydrogen (secondary N) is 1. The zero-order valence-corrected chi connectivity index (χ0v) is 12.8. The molecule has 0 aromatic heterocycles. The van der Waals surface area contributed by atoms with Crippen molar-refractivity contribution >= 4 is 28.9 Å². The Balaban J connectivity index is 2.38. The molecule has 1 N–H and O–H groups in total. The molecule has 1 aromatic rings. The first-order valence-corrected chi connectivity index (χ1v) is 7.34. The number of halogens is 1. The quantitative estimate of drug-likeness (QED) is 0.646. The molecule has 1 fully saturated rings. The molecule has 7 heteroatoms. The molecule has 1 aromatic carbocycles. The van der Waals surface area contributed by atoms with Crippen LogP contribution in [0.25, 0.3) is 0 Å². The number of carbonyl (C=O) groups is 1. The summed E-state index contributed by atoms with van der Waals surface area (Å²) >= 11 is 6.06. The van der Waals surface area contributed by atoms with Crippen molar-refractivity contribution in [3.8, 4) is 0 Å². The van der Waals surface area contributed by atoms with Crippen molar-refractivity contribution in [2.45, 2.75) is 32.2 Å². The number of nitro groups is 1. The number of hydrogen-bond donors (Lipinski definition) is 1. The van der Waals surface area contributed by atoms with E-state index in [1.54, 1.807) is 11.9 Å². The highest BCUT2D eigenvalue weighted by molar-refractivity contribution is 6.34. The predicted octanol–water partition coefficient (Wildman–Crippen LogP) is 3.30. The summed E-state index contributed by atoms with van der Waals surface area (Å²) in [4.78, 5) is 25.0. The van der Waals surface area contributed by atoms with Crippen LogP contribution in [-0.2, 0) is 0 Å². The zero-order valence-electron chi connectivity index (χ0n) is 12.1. The molecular weight excluding hydrogens is 294 g/mol. The summed E-state index contributed by atoms with van der Waals surface area (Å²) in [5, 5.41) is 14.0. The standard InChI is InChI=1S/C14H18ClN3O3/c1-3-6-17(10-4-5-10)14(19)9-7-11(15)13(16-2)12(8-9)18(20)21/h7-8,10,16H,3-6H2,1-2H3. The molecule has 21 heavy (non-hydrogen) atoms. The first-order valence-electron chi connectivity index (χ1n) is 6.96. The van der Waals surface area contributed by atoms with E-state index in [0.29, 0.717) is 6.54 Å². The molecule has 0 radical (unpaired) electrons. The van der Waals surface area contributed by atoms with Crippen molar-refractivity contribution in [2.75, 3.05) is 18.9 Å². The van der Waals surface area contributed by atoms with Gasteiger partial charge >= 0.3 is 0 Å². The Morgan fingerprint density at radius 1 is 1.52 bits per heavy atom. The molecule has 2 rings (SSSR count). The van der Waals surface area contributed by atoms with E-state index in [9.17, 15) is 14.9 Å². The third kappa shape index (κ3) is 3.26. The molecule has 0 atom stereocenters. The van der Waals surface area contributed by atoms with Crippen LogP contribution in [0, 0.1) is 10.1 Å². The van der Waals surface area contributed by atoms with Gasteiger partial charge in [0.05, 0.1) is 9.95 Å². The Morgan fingerprint density at radius 3 is 2.67 bits per heavy atom. The molecule has 0 saturated heterocycles. The van der Waals surface area contributed by atoms with Crippen LogP contribution in [0.5, 0.6) is 0 Å². The molecule has 0 bridgehead atoms. The van der Waals surface area contributed by atoms with E-state index in [4.69, 9.17) is 11.6 Å². The van der Waals surface area contributed by atoms with E-state index in [0.717, 1.165) is 19.3 Å². The molecule has 1 aliphatic carbocycles. The van der Waals surface area contributed by atoms with Crippen molar-refractivity contribution in [3.05, 3.63) is 32.8 Å². The highest BCUT2D eigenvalue weighted by Gasteiger charge is 2.33. The van der Waals surface area contributed by atoms with Gasteiger partial charge in [-0.25, -0.2) is 0 Å². The molecule has 1 saturated carbocycles. The fourth-order valence-corrected chi connectivity index (χ4v) is 2.66. The third-order valence-corrected chi connectivity index (χ3v) is 3.77. The van der Waals surface area contributed by atoms with Crippen LogP contribution in [-0.4, -0.2) is 35.4 Å². The Hall–Kier alpha value is -1.82. The minimum atomic E-state index is -0.532. The van der Waals surface area contributed by atoms with Crippen LogP contribution in [0.2, 0.25) is 5.02 Å². The monoisotopic (exact) mass is 311 g/mol. The Morgan fingerprint density at radius 2 is 2.19 bits per heavy atom. The Bertz CT molecular complexity index is 573. The first kappa shape index (κ1) is 15.6. The minimum absolute atomic E-state index is 0.180. The number of carbonyl (C=O) groups excluding carboxylic acids is 1. The highest BCUT2D eigenvalue weighted by atomic mass is 35.5. The number of anilines is 1. The van der Waals surface area contributed by atoms with Gasteiger partial charge < -0.3 is 10.2 Å². The fourth-order valence-electron chi connectivity index (χ4n) is 2.35. The SMILES string of the molecule is CCCN(C(=O)c1cc(Cl)c(NC)c([N+](=O)[O-])c1)C1CC1. The average molecular weight is 312 g/mol. The van der Waals surface area contributed by atoms with E-state index >= 15 is 0 Å². The van der Waals surface area contributed by atoms with Crippen molar-refractivity contribution < 1.29 is 9.72 Å². The van der Waals surface area contributed by atoms with Crippen molar-refractivity contribution in [1.29, 1.82) is 0 Å². The molecule has 0 unspecified atom stereocenters. The second-order valence-electron chi connectivity index (χ2n) is 5.09. The maximum Gasteiger partial charge on any atom is 0.294 e. The summed E-state index contributed by atoms with van der Waals surface area (Å²) in [5.41, 5.74) is 0.318. The molecule has 0 heterocycles. The highest BCUT2D eigenvalue weighted by Crippen LogP contribution is 2.35. The van der Waals surface area contributed by atoms with E-state index in [1.165, 1.54) is 12.1 Å². The van der Waals surface area contributed by atoms with E-state index in [2.05, 4.69) is 5.32 Å². The third-order valence-electron chi connectivity index (χ3n) is 3.48. The smallest absolute Gasteiger partial charge is 0.294 e. The van der Waals surface area contributed by atoms with Crippen LogP contribution in [0.4, 0.5) is 11.4 Å². The van der Waals surface area contributed by atoms with Gasteiger partial charge in [0.2, 0.25) is 0 Å². The molecule has 0 spiro atoms. The normalized spacial score (nSPS) is 13.9. The molecule has 1 aliphatic rings. The topological polar surface area (TPSA) is 75.5 Å². The Labute approximate surface area is 128 Å². The second kappa shape index (κ2) is 6.30. The summed E-state index contributed by atoms with van der Waals surface area (Å²) in [6.07, 6.45) is 2.85. The van der Waals surface area contributed by atoms with E-state index in [1.807, 2.05) is 6.92 Å². The Kier molecular flexibility index (Phi) is 4.67. The van der Waals surface area contributed by atoms with Gasteiger partial charge in [-0.15, -0.1) is 0 Å². The summed E-state index contributed by atoms with van der Waals surface area (Å²) in [6.45, 7) is 2.66. The molecule has 1 amide bonds. The lowest BCUT2D eigenvalue weighted by atomic mass is 10.1. The van der Waals surface area contributed by atoms with E-state index in [-0.39, 0.29) is 33.9 Å². The molecule has 114 valence electrons. The fraction of sp³-hybridized carbons (Fsp3) is 0.500. The minimum Gasteiger partial charge on any atom is -0.381 e. The van der Waals surface area contributed by atoms with Gasteiger partial charge in [0.15, 0.2) is 0 Å². The average Bonchev–Trinajstić information content (AvgIpc) is 3.27. The lowest BCUT2D eigenvalue weighted by Crippen LogP contribution is -2.33. The molecule has 6 nitrogen and oxygen atoms in total. The van der Waals surface area contributed by atoms with Crippen LogP contribution in [0.3, 0.4) is 0 Å². The van der Waals surface area contributed by atoms with Gasteiger partial charge in [-0.1, -0.05) is 18.5 Å². The number of nitro benzene ring substituents is 1. The summed E-state index contributed by atoms with van der Waals surface area (Å²) in [7, 11) is 1.56. The van der Waals surface area contributed by atoms with Gasteiger partial charge in [-0.05, 0) is 25.3 Å². The predicted molar refractivity (Wildman–Crippen MR) is 82.0 cm³/mol. The van der Waals surface area contributed by atoms with Crippen molar-refractivity contribution in [2.24, 2.45) is 0 Å². The number of benzene rings is 1. The molecular formula is C14H18ClN3O3. The van der Waals surface area contributed by atoms with Crippen molar-refractivity contribution in [3.63, 3.8) is 0 Å². The van der Waals surface area contributed by atoms with Gasteiger partial charge in [-0.2, -0.15) is 0 Å². The van der Waals surface area contributed by atoms with Gasteiger partial charge in [0.25, 0.3) is 11.6 Å². The van der Waals surface area contributed by atoms with Crippen LogP contribution in [0.15, 0.2) is 12.1 Å². The zero-order chi connectivity index (χ0) is 15.6. The van der Waals surface area contributed by atoms with Crippen LogP contribution >= 0.6 is 11.6 Å². The van der Waals surface area contributed by atoms with Gasteiger partial charge in [0, 0.05) is 31.3 Å². The summed E-state index contributed by atoms with van der Waals surface area (Å²) in [6, 6.07) is 3.05. The summed E-state index contributed by atoms with van der Waals surface area (Å²) < 4.78 is 0. The van der Waals surface area contributed by atoms with Crippen molar-refractivity contribution in [1.82, 2.24) is 4.90 Å². The number of amides is 1. The summed E-state index contributed by atoms with van der Waals surface area (Å²) in [5.74, 6) is -0.188.